The molecule has 0 bridgehead atoms. The van der Waals surface area contributed by atoms with Gasteiger partial charge in [-0.1, -0.05) is 136 Å². The minimum Gasteiger partial charge on any atom is -0.252 e. The van der Waals surface area contributed by atoms with Crippen LogP contribution in [-0.2, 0) is 14.4 Å². The third-order valence-corrected chi connectivity index (χ3v) is 11.1. The summed E-state index contributed by atoms with van der Waals surface area (Å²) in [5, 5.41) is 0. The predicted molar refractivity (Wildman–Crippen MR) is 156 cm³/mol. The lowest BCUT2D eigenvalue weighted by atomic mass is 10.1. The van der Waals surface area contributed by atoms with Crippen molar-refractivity contribution in [3.05, 3.63) is 0 Å². The molecule has 0 rings (SSSR count). The molecule has 0 fully saturated rings. The van der Waals surface area contributed by atoms with Crippen LogP contribution < -0.4 is 0 Å². The van der Waals surface area contributed by atoms with Gasteiger partial charge >= 0.3 is 0 Å². The van der Waals surface area contributed by atoms with Gasteiger partial charge in [0.15, 0.2) is 0 Å². The van der Waals surface area contributed by atoms with E-state index in [4.69, 9.17) is 0 Å². The zero-order valence-corrected chi connectivity index (χ0v) is 25.0. The molecule has 0 spiro atoms. The molecule has 4 heteroatoms. The molecule has 3 nitrogen and oxygen atoms in total. The Hall–Kier alpha value is -0.560. The zero-order chi connectivity index (χ0) is 26.2. The molecule has 0 aliphatic heterocycles. The van der Waals surface area contributed by atoms with Crippen molar-refractivity contribution >= 4 is 23.8 Å². The van der Waals surface area contributed by atoms with Crippen molar-refractivity contribution in [3.8, 4) is 0 Å². The number of hydrogen-bond donors (Lipinski definition) is 0. The molecule has 0 unspecified atom stereocenters. The first-order chi connectivity index (χ1) is 16.9. The van der Waals surface area contributed by atoms with Gasteiger partial charge in [-0.15, -0.1) is 0 Å². The molecule has 0 heterocycles. The fourth-order valence-electron chi connectivity index (χ4n) is 4.79. The quantitative estimate of drug-likeness (QED) is 0.0814. The van der Waals surface area contributed by atoms with E-state index in [-0.39, 0.29) is 16.6 Å². The summed E-state index contributed by atoms with van der Waals surface area (Å²) in [5.41, 5.74) is -0.0224. The molecule has 0 N–H and O–H groups in total. The largest absolute Gasteiger partial charge is 0.284 e. The van der Waals surface area contributed by atoms with Crippen LogP contribution in [-0.4, -0.2) is 23.2 Å². The first kappa shape index (κ1) is 34.4. The van der Waals surface area contributed by atoms with E-state index in [1.807, 2.05) is 0 Å². The van der Waals surface area contributed by atoms with Crippen molar-refractivity contribution in [2.45, 2.75) is 175 Å². The highest BCUT2D eigenvalue weighted by Gasteiger charge is 2.54. The van der Waals surface area contributed by atoms with Crippen molar-refractivity contribution in [1.29, 1.82) is 0 Å². The van der Waals surface area contributed by atoms with Gasteiger partial charge in [-0.3, -0.25) is 14.4 Å². The van der Waals surface area contributed by atoms with Gasteiger partial charge in [-0.2, -0.15) is 0 Å². The molecule has 0 aliphatic rings. The number of carbonyl (C=O) groups is 3. The lowest BCUT2D eigenvalue weighted by Gasteiger charge is -2.17. The fourth-order valence-corrected chi connectivity index (χ4v) is 7.44. The summed E-state index contributed by atoms with van der Waals surface area (Å²) in [7, 11) is -2.86. The molecule has 0 atom stereocenters. The molecular weight excluding hydrogens is 451 g/mol. The van der Waals surface area contributed by atoms with Crippen LogP contribution in [0.5, 0.6) is 0 Å². The highest BCUT2D eigenvalue weighted by molar-refractivity contribution is 8.14. The van der Waals surface area contributed by atoms with Crippen molar-refractivity contribution in [2.75, 3.05) is 6.66 Å². The molecule has 206 valence electrons. The molecule has 35 heavy (non-hydrogen) atoms. The number of unbranched alkanes of at least 4 members (excludes halogenated alkanes) is 18. The van der Waals surface area contributed by atoms with Crippen molar-refractivity contribution in [2.24, 2.45) is 0 Å². The van der Waals surface area contributed by atoms with Gasteiger partial charge in [-0.25, -0.2) is 0 Å². The topological polar surface area (TPSA) is 51.2 Å². The summed E-state index contributed by atoms with van der Waals surface area (Å²) in [5.74, 6) is 0. The third-order valence-electron chi connectivity index (χ3n) is 7.48. The van der Waals surface area contributed by atoms with E-state index in [0.717, 1.165) is 57.8 Å². The van der Waals surface area contributed by atoms with Gasteiger partial charge in [0.1, 0.15) is 0 Å². The average Bonchev–Trinajstić information content (AvgIpc) is 2.86. The molecule has 0 radical (unpaired) electrons. The Morgan fingerprint density at radius 3 is 0.800 bits per heavy atom. The first-order valence-electron chi connectivity index (χ1n) is 15.4. The Kier molecular flexibility index (Phi) is 23.4. The van der Waals surface area contributed by atoms with Crippen LogP contribution in [0.2, 0.25) is 0 Å². The molecular formula is C31H60O3P+. The third kappa shape index (κ3) is 16.7. The summed E-state index contributed by atoms with van der Waals surface area (Å²) >= 11 is 0. The molecule has 0 amide bonds. The van der Waals surface area contributed by atoms with Gasteiger partial charge < -0.3 is 0 Å². The Bertz CT molecular complexity index is 469. The van der Waals surface area contributed by atoms with Crippen LogP contribution in [0.1, 0.15) is 175 Å². The monoisotopic (exact) mass is 511 g/mol. The van der Waals surface area contributed by atoms with Crippen LogP contribution in [0.15, 0.2) is 0 Å². The van der Waals surface area contributed by atoms with E-state index >= 15 is 0 Å². The zero-order valence-electron chi connectivity index (χ0n) is 24.1. The molecule has 0 aromatic heterocycles. The van der Waals surface area contributed by atoms with Gasteiger partial charge in [0, 0.05) is 19.3 Å². The second kappa shape index (κ2) is 23.8. The van der Waals surface area contributed by atoms with E-state index in [1.54, 1.807) is 6.66 Å². The van der Waals surface area contributed by atoms with Crippen molar-refractivity contribution in [3.63, 3.8) is 0 Å². The maximum Gasteiger partial charge on any atom is 0.284 e. The van der Waals surface area contributed by atoms with E-state index in [2.05, 4.69) is 20.8 Å². The number of hydrogen-bond acceptors (Lipinski definition) is 3. The Labute approximate surface area is 219 Å². The molecule has 0 saturated heterocycles. The highest BCUT2D eigenvalue weighted by atomic mass is 31.2. The van der Waals surface area contributed by atoms with Crippen molar-refractivity contribution < 1.29 is 14.4 Å². The SMILES string of the molecule is CCCCCCCCCC(=O)[P+](C)(C(=O)CCCCCCCCC)C(=O)CCCCCCCCC. The molecule has 0 aromatic rings. The van der Waals surface area contributed by atoms with E-state index in [1.165, 1.54) is 77.0 Å². The lowest BCUT2D eigenvalue weighted by molar-refractivity contribution is -0.117. The van der Waals surface area contributed by atoms with Crippen LogP contribution in [0.25, 0.3) is 0 Å². The number of carbonyl (C=O) groups excluding carboxylic acids is 3. The summed E-state index contributed by atoms with van der Waals surface area (Å²) in [6.45, 7) is 8.42. The number of rotatable bonds is 27. The summed E-state index contributed by atoms with van der Waals surface area (Å²) in [6.07, 6.45) is 25.3. The van der Waals surface area contributed by atoms with E-state index in [0.29, 0.717) is 19.3 Å². The Morgan fingerprint density at radius 1 is 0.371 bits per heavy atom. The maximum atomic E-state index is 13.3. The molecule has 0 saturated carbocycles. The van der Waals surface area contributed by atoms with Crippen LogP contribution in [0, 0.1) is 0 Å². The lowest BCUT2D eigenvalue weighted by Crippen LogP contribution is -2.22. The Morgan fingerprint density at radius 2 is 0.571 bits per heavy atom. The van der Waals surface area contributed by atoms with E-state index in [9.17, 15) is 14.4 Å². The van der Waals surface area contributed by atoms with Crippen LogP contribution in [0.3, 0.4) is 0 Å². The maximum absolute atomic E-state index is 13.3. The van der Waals surface area contributed by atoms with Gasteiger partial charge in [-0.05, 0) is 19.3 Å². The van der Waals surface area contributed by atoms with Crippen LogP contribution in [0.4, 0.5) is 0 Å². The minimum atomic E-state index is -2.86. The standard InChI is InChI=1S/C31H60O3P/c1-5-8-11-14-17-20-23-26-29(32)35(4,30(33)27-24-21-18-15-12-9-6-2)31(34)28-25-22-19-16-13-10-7-3/h5-28H2,1-4H3/q+1. The van der Waals surface area contributed by atoms with E-state index < -0.39 is 7.26 Å². The average molecular weight is 512 g/mol. The first-order valence-corrected chi connectivity index (χ1v) is 17.6. The van der Waals surface area contributed by atoms with Gasteiger partial charge in [0.2, 0.25) is 7.26 Å². The second-order valence-electron chi connectivity index (χ2n) is 10.8. The normalized spacial score (nSPS) is 11.7. The van der Waals surface area contributed by atoms with Gasteiger partial charge in [0.05, 0.1) is 6.66 Å². The molecule has 0 aromatic carbocycles. The highest BCUT2D eigenvalue weighted by Crippen LogP contribution is 2.60. The summed E-state index contributed by atoms with van der Waals surface area (Å²) < 4.78 is 0. The van der Waals surface area contributed by atoms with Crippen molar-refractivity contribution in [1.82, 2.24) is 0 Å². The second-order valence-corrected chi connectivity index (χ2v) is 14.3. The smallest absolute Gasteiger partial charge is 0.252 e. The molecule has 0 aliphatic carbocycles. The van der Waals surface area contributed by atoms with Gasteiger partial charge in [0.25, 0.3) is 16.6 Å². The summed E-state index contributed by atoms with van der Waals surface area (Å²) in [6, 6.07) is 0. The predicted octanol–water partition coefficient (Wildman–Crippen LogP) is 10.6. The van der Waals surface area contributed by atoms with Crippen LogP contribution >= 0.6 is 7.26 Å². The minimum absolute atomic E-state index is 0.00745. The Balaban J connectivity index is 4.72. The fraction of sp³-hybridized carbons (Fsp3) is 0.903. The summed E-state index contributed by atoms with van der Waals surface area (Å²) in [4.78, 5) is 39.9.